The molecule has 0 unspecified atom stereocenters. The minimum Gasteiger partial charge on any atom is -0.505 e. The summed E-state index contributed by atoms with van der Waals surface area (Å²) in [7, 11) is 0. The first-order valence-electron chi connectivity index (χ1n) is 14.7. The Kier molecular flexibility index (Phi) is 8.08. The Morgan fingerprint density at radius 2 is 0.953 bits per heavy atom. The highest BCUT2D eigenvalue weighted by atomic mass is 16.5. The van der Waals surface area contributed by atoms with Crippen LogP contribution in [-0.4, -0.2) is 53.4 Å². The third-order valence-corrected chi connectivity index (χ3v) is 7.21. The molecular formula is C33H34N6O4. The summed E-state index contributed by atoms with van der Waals surface area (Å²) in [6.07, 6.45) is 4.09. The van der Waals surface area contributed by atoms with Crippen LogP contribution < -0.4 is 9.47 Å². The van der Waals surface area contributed by atoms with Gasteiger partial charge in [0.2, 0.25) is 0 Å². The second kappa shape index (κ2) is 12.4. The highest BCUT2D eigenvalue weighted by Crippen LogP contribution is 2.37. The van der Waals surface area contributed by atoms with Gasteiger partial charge >= 0.3 is 0 Å². The number of hydrogen-bond donors (Lipinski definition) is 2. The summed E-state index contributed by atoms with van der Waals surface area (Å²) in [5.41, 5.74) is 5.37. The van der Waals surface area contributed by atoms with Crippen molar-refractivity contribution in [1.29, 1.82) is 0 Å². The minimum absolute atomic E-state index is 0.00815. The Morgan fingerprint density at radius 3 is 1.30 bits per heavy atom. The van der Waals surface area contributed by atoms with Crippen molar-refractivity contribution < 1.29 is 19.7 Å². The van der Waals surface area contributed by atoms with Crippen LogP contribution in [0.4, 0.5) is 0 Å². The third kappa shape index (κ3) is 5.94. The summed E-state index contributed by atoms with van der Waals surface area (Å²) in [6, 6.07) is 22.0. The molecule has 4 aromatic carbocycles. The molecule has 0 atom stereocenters. The second-order valence-corrected chi connectivity index (χ2v) is 10.4. The number of phenolic OH excluding ortho intramolecular Hbond substituents is 2. The van der Waals surface area contributed by atoms with Gasteiger partial charge in [0, 0.05) is 29.7 Å². The van der Waals surface area contributed by atoms with Gasteiger partial charge in [-0.3, -0.25) is 0 Å². The first-order chi connectivity index (χ1) is 21.0. The molecule has 0 spiro atoms. The highest BCUT2D eigenvalue weighted by Gasteiger charge is 2.20. The highest BCUT2D eigenvalue weighted by molar-refractivity contribution is 5.74. The van der Waals surface area contributed by atoms with E-state index in [1.54, 1.807) is 12.1 Å². The molecular weight excluding hydrogens is 544 g/mol. The normalized spacial score (nSPS) is 11.4. The van der Waals surface area contributed by atoms with E-state index in [1.807, 2.05) is 60.7 Å². The lowest BCUT2D eigenvalue weighted by atomic mass is 10.0. The Labute approximate surface area is 249 Å². The first-order valence-corrected chi connectivity index (χ1v) is 14.7. The fourth-order valence-corrected chi connectivity index (χ4v) is 4.86. The molecule has 43 heavy (non-hydrogen) atoms. The van der Waals surface area contributed by atoms with Gasteiger partial charge in [0.1, 0.15) is 56.4 Å². The lowest BCUT2D eigenvalue weighted by molar-refractivity contribution is 0.301. The van der Waals surface area contributed by atoms with Gasteiger partial charge in [0.05, 0.1) is 13.2 Å². The zero-order valence-corrected chi connectivity index (χ0v) is 24.3. The Morgan fingerprint density at radius 1 is 0.581 bits per heavy atom. The maximum absolute atomic E-state index is 11.1. The lowest BCUT2D eigenvalue weighted by Gasteiger charge is -2.18. The van der Waals surface area contributed by atoms with E-state index < -0.39 is 0 Å². The molecule has 0 aliphatic heterocycles. The van der Waals surface area contributed by atoms with Gasteiger partial charge in [-0.1, -0.05) is 51.0 Å². The molecule has 0 fully saturated rings. The van der Waals surface area contributed by atoms with Gasteiger partial charge in [0.25, 0.3) is 0 Å². The molecule has 0 saturated carbocycles. The number of phenols is 2. The standard InChI is InChI=1S/C33H34N6O4/c1-3-5-15-42-32-20-30(40)28(38-34-24-11-7-8-12-25(24)35-38)18-22(32)17-23-19-29(31(41)21-33(23)43-16-6-4-2)39-36-26-13-9-10-14-27(26)37-39/h7-14,18-21,40-41H,3-6,15-17H2,1-2H3. The maximum atomic E-state index is 11.1. The molecule has 2 heterocycles. The van der Waals surface area contributed by atoms with Gasteiger partial charge in [-0.15, -0.1) is 30.0 Å². The van der Waals surface area contributed by atoms with Crippen LogP contribution >= 0.6 is 0 Å². The van der Waals surface area contributed by atoms with Crippen LogP contribution in [0.3, 0.4) is 0 Å². The summed E-state index contributed by atoms with van der Waals surface area (Å²) in [4.78, 5) is 2.89. The molecule has 6 rings (SSSR count). The molecule has 10 heteroatoms. The van der Waals surface area contributed by atoms with Gasteiger partial charge in [-0.25, -0.2) is 0 Å². The molecule has 0 aliphatic rings. The second-order valence-electron chi connectivity index (χ2n) is 10.4. The fourth-order valence-electron chi connectivity index (χ4n) is 4.86. The summed E-state index contributed by atoms with van der Waals surface area (Å²) in [5, 5.41) is 40.4. The molecule has 0 radical (unpaired) electrons. The number of aromatic nitrogens is 6. The monoisotopic (exact) mass is 578 g/mol. The maximum Gasteiger partial charge on any atom is 0.146 e. The zero-order chi connectivity index (χ0) is 29.8. The van der Waals surface area contributed by atoms with E-state index in [1.165, 1.54) is 9.59 Å². The number of fused-ring (bicyclic) bond motifs is 2. The molecule has 0 bridgehead atoms. The average Bonchev–Trinajstić information content (AvgIpc) is 3.64. The average molecular weight is 579 g/mol. The van der Waals surface area contributed by atoms with Crippen molar-refractivity contribution in [2.75, 3.05) is 13.2 Å². The van der Waals surface area contributed by atoms with Crippen LogP contribution in [0.5, 0.6) is 23.0 Å². The summed E-state index contributed by atoms with van der Waals surface area (Å²) in [6.45, 7) is 5.22. The van der Waals surface area contributed by atoms with E-state index in [-0.39, 0.29) is 11.5 Å². The number of aromatic hydroxyl groups is 2. The van der Waals surface area contributed by atoms with Crippen LogP contribution in [0.15, 0.2) is 72.8 Å². The number of rotatable bonds is 12. The summed E-state index contributed by atoms with van der Waals surface area (Å²) >= 11 is 0. The SMILES string of the molecule is CCCCOc1cc(O)c(-n2nc3ccccc3n2)cc1Cc1cc(-n2nc3ccccc3n2)c(O)cc1OCCCC. The van der Waals surface area contributed by atoms with Crippen LogP contribution in [0.1, 0.15) is 50.7 Å². The Hall–Kier alpha value is -5.12. The number of nitrogens with zero attached hydrogens (tertiary/aromatic N) is 6. The molecule has 10 nitrogen and oxygen atoms in total. The summed E-state index contributed by atoms with van der Waals surface area (Å²) < 4.78 is 12.3. The van der Waals surface area contributed by atoms with Gasteiger partial charge in [-0.05, 0) is 49.2 Å². The first kappa shape index (κ1) is 28.0. The van der Waals surface area contributed by atoms with E-state index in [0.29, 0.717) is 42.5 Å². The Balaban J connectivity index is 1.45. The fraction of sp³-hybridized carbons (Fsp3) is 0.273. The topological polar surface area (TPSA) is 120 Å². The smallest absolute Gasteiger partial charge is 0.146 e. The van der Waals surface area contributed by atoms with Gasteiger partial charge in [-0.2, -0.15) is 0 Å². The molecule has 2 aromatic heterocycles. The van der Waals surface area contributed by atoms with Crippen molar-refractivity contribution in [3.05, 3.63) is 83.9 Å². The van der Waals surface area contributed by atoms with Crippen LogP contribution in [-0.2, 0) is 6.42 Å². The van der Waals surface area contributed by atoms with E-state index in [4.69, 9.17) is 9.47 Å². The molecule has 2 N–H and O–H groups in total. The molecule has 6 aromatic rings. The number of hydrogen-bond acceptors (Lipinski definition) is 8. The third-order valence-electron chi connectivity index (χ3n) is 7.21. The van der Waals surface area contributed by atoms with E-state index >= 15 is 0 Å². The predicted octanol–water partition coefficient (Wildman–Crippen LogP) is 6.51. The summed E-state index contributed by atoms with van der Waals surface area (Å²) in [5.74, 6) is 1.13. The van der Waals surface area contributed by atoms with Crippen molar-refractivity contribution in [3.63, 3.8) is 0 Å². The van der Waals surface area contributed by atoms with Crippen molar-refractivity contribution in [1.82, 2.24) is 30.0 Å². The van der Waals surface area contributed by atoms with Crippen molar-refractivity contribution in [3.8, 4) is 34.4 Å². The van der Waals surface area contributed by atoms with Gasteiger partial charge in [0.15, 0.2) is 0 Å². The van der Waals surface area contributed by atoms with Gasteiger partial charge < -0.3 is 19.7 Å². The van der Waals surface area contributed by atoms with E-state index in [0.717, 1.165) is 58.9 Å². The van der Waals surface area contributed by atoms with Crippen LogP contribution in [0.2, 0.25) is 0 Å². The van der Waals surface area contributed by atoms with Crippen LogP contribution in [0, 0.1) is 0 Å². The number of benzene rings is 4. The largest absolute Gasteiger partial charge is 0.505 e. The number of ether oxygens (including phenoxy) is 2. The van der Waals surface area contributed by atoms with Crippen molar-refractivity contribution in [2.45, 2.75) is 46.0 Å². The van der Waals surface area contributed by atoms with Crippen molar-refractivity contribution >= 4 is 22.1 Å². The van der Waals surface area contributed by atoms with E-state index in [2.05, 4.69) is 34.2 Å². The zero-order valence-electron chi connectivity index (χ0n) is 24.3. The lowest BCUT2D eigenvalue weighted by Crippen LogP contribution is -2.07. The van der Waals surface area contributed by atoms with Crippen LogP contribution in [0.25, 0.3) is 33.4 Å². The quantitative estimate of drug-likeness (QED) is 0.158. The molecule has 0 aliphatic carbocycles. The van der Waals surface area contributed by atoms with Crippen molar-refractivity contribution in [2.24, 2.45) is 0 Å². The minimum atomic E-state index is 0.00815. The number of unbranched alkanes of at least 4 members (excludes halogenated alkanes) is 2. The molecule has 0 amide bonds. The molecule has 220 valence electrons. The predicted molar refractivity (Wildman–Crippen MR) is 165 cm³/mol. The molecule has 0 saturated heterocycles. The van der Waals surface area contributed by atoms with E-state index in [9.17, 15) is 10.2 Å². The Bertz CT molecular complexity index is 1680.